The summed E-state index contributed by atoms with van der Waals surface area (Å²) in [6.45, 7) is 1.92. The fourth-order valence-corrected chi connectivity index (χ4v) is 1.23. The second-order valence-electron chi connectivity index (χ2n) is 3.55. The third-order valence-electron chi connectivity index (χ3n) is 2.20. The summed E-state index contributed by atoms with van der Waals surface area (Å²) in [6, 6.07) is 6.60. The van der Waals surface area contributed by atoms with Gasteiger partial charge in [-0.05, 0) is 30.7 Å². The Kier molecular flexibility index (Phi) is 6.02. The number of carbonyl (C=O) groups is 2. The maximum atomic E-state index is 11.2. The van der Waals surface area contributed by atoms with Crippen molar-refractivity contribution in [3.05, 3.63) is 47.5 Å². The number of allylic oxidation sites excluding steroid dienone is 2. The van der Waals surface area contributed by atoms with Gasteiger partial charge in [0.15, 0.2) is 0 Å². The maximum Gasteiger partial charge on any atom is 0.433 e. The zero-order chi connectivity index (χ0) is 14.1. The number of hydrogen-bond acceptors (Lipinski definition) is 4. The molecule has 0 radical (unpaired) electrons. The van der Waals surface area contributed by atoms with Gasteiger partial charge >= 0.3 is 12.1 Å². The van der Waals surface area contributed by atoms with Crippen LogP contribution in [0.25, 0.3) is 0 Å². The van der Waals surface area contributed by atoms with Gasteiger partial charge in [-0.3, -0.25) is 0 Å². The molecule has 5 nitrogen and oxygen atoms in total. The zero-order valence-corrected chi connectivity index (χ0v) is 10.8. The molecule has 0 N–H and O–H groups in total. The van der Waals surface area contributed by atoms with E-state index >= 15 is 0 Å². The van der Waals surface area contributed by atoms with Crippen molar-refractivity contribution in [2.75, 3.05) is 7.11 Å². The summed E-state index contributed by atoms with van der Waals surface area (Å²) in [4.78, 5) is 25.9. The monoisotopic (exact) mass is 261 g/mol. The van der Waals surface area contributed by atoms with E-state index in [0.29, 0.717) is 5.56 Å². The number of esters is 1. The van der Waals surface area contributed by atoms with Gasteiger partial charge in [-0.2, -0.15) is 4.99 Å². The average Bonchev–Trinajstić information content (AvgIpc) is 2.45. The molecule has 0 saturated carbocycles. The molecule has 0 spiro atoms. The molecule has 0 aliphatic heterocycles. The highest BCUT2D eigenvalue weighted by Gasteiger charge is 2.05. The summed E-state index contributed by atoms with van der Waals surface area (Å²) in [5, 5.41) is 0. The number of hydrogen-bond donors (Lipinski definition) is 0. The molecule has 1 aromatic carbocycles. The van der Waals surface area contributed by atoms with Crippen LogP contribution in [0.4, 0.5) is 4.79 Å². The summed E-state index contributed by atoms with van der Waals surface area (Å²) in [5.74, 6) is -0.403. The number of amides is 1. The van der Waals surface area contributed by atoms with E-state index in [9.17, 15) is 9.59 Å². The highest BCUT2D eigenvalue weighted by Crippen LogP contribution is 2.07. The predicted octanol–water partition coefficient (Wildman–Crippen LogP) is 2.76. The Bertz CT molecular complexity index is 489. The van der Waals surface area contributed by atoms with E-state index in [1.807, 2.05) is 6.92 Å². The average molecular weight is 261 g/mol. The molecule has 0 bridgehead atoms. The zero-order valence-electron chi connectivity index (χ0n) is 10.8. The number of carbonyl (C=O) groups excluding carboxylic acids is 2. The van der Waals surface area contributed by atoms with E-state index in [4.69, 9.17) is 4.74 Å². The minimum Gasteiger partial charge on any atom is -0.465 e. The van der Waals surface area contributed by atoms with Crippen LogP contribution < -0.4 is 0 Å². The molecule has 1 rings (SSSR count). The second kappa shape index (κ2) is 7.81. The fraction of sp³-hybridized carbons (Fsp3) is 0.214. The molecule has 0 saturated heterocycles. The Balaban J connectivity index is 2.50. The molecule has 0 heterocycles. The minimum absolute atomic E-state index is 0.105. The largest absolute Gasteiger partial charge is 0.465 e. The van der Waals surface area contributed by atoms with Crippen molar-refractivity contribution in [1.29, 1.82) is 0 Å². The van der Waals surface area contributed by atoms with Gasteiger partial charge in [0, 0.05) is 6.21 Å². The van der Waals surface area contributed by atoms with Gasteiger partial charge in [0.1, 0.15) is 6.61 Å². The summed E-state index contributed by atoms with van der Waals surface area (Å²) in [5.41, 5.74) is 1.21. The lowest BCUT2D eigenvalue weighted by atomic mass is 10.1. The van der Waals surface area contributed by atoms with Gasteiger partial charge in [-0.15, -0.1) is 0 Å². The standard InChI is InChI=1S/C14H15NO4/c1-3-4-9-15-14(17)19-10-11-5-7-12(8-6-11)13(16)18-2/h3-9H,10H2,1-2H3. The molecule has 1 aromatic rings. The molecule has 0 fully saturated rings. The van der Waals surface area contributed by atoms with Crippen molar-refractivity contribution in [2.45, 2.75) is 13.5 Å². The minimum atomic E-state index is -0.657. The maximum absolute atomic E-state index is 11.2. The summed E-state index contributed by atoms with van der Waals surface area (Å²) < 4.78 is 9.49. The van der Waals surface area contributed by atoms with Gasteiger partial charge in [0.25, 0.3) is 0 Å². The topological polar surface area (TPSA) is 65.0 Å². The van der Waals surface area contributed by atoms with Crippen molar-refractivity contribution >= 4 is 18.3 Å². The van der Waals surface area contributed by atoms with Crippen molar-refractivity contribution in [3.8, 4) is 0 Å². The number of nitrogens with zero attached hydrogens (tertiary/aromatic N) is 1. The molecule has 1 amide bonds. The normalized spacial score (nSPS) is 10.8. The van der Waals surface area contributed by atoms with Gasteiger partial charge in [0.2, 0.25) is 0 Å². The van der Waals surface area contributed by atoms with Crippen LogP contribution in [0.3, 0.4) is 0 Å². The molecule has 0 aliphatic rings. The Morgan fingerprint density at radius 1 is 1.26 bits per heavy atom. The fourth-order valence-electron chi connectivity index (χ4n) is 1.23. The van der Waals surface area contributed by atoms with E-state index < -0.39 is 12.1 Å². The first-order valence-electron chi connectivity index (χ1n) is 5.66. The van der Waals surface area contributed by atoms with E-state index in [-0.39, 0.29) is 6.61 Å². The quantitative estimate of drug-likeness (QED) is 0.617. The number of rotatable bonds is 4. The molecule has 19 heavy (non-hydrogen) atoms. The Morgan fingerprint density at radius 2 is 1.95 bits per heavy atom. The summed E-state index contributed by atoms with van der Waals surface area (Å²) in [7, 11) is 1.32. The second-order valence-corrected chi connectivity index (χ2v) is 3.55. The van der Waals surface area contributed by atoms with Gasteiger partial charge in [0.05, 0.1) is 12.7 Å². The molecule has 0 unspecified atom stereocenters. The molecular formula is C14H15NO4. The van der Waals surface area contributed by atoms with Gasteiger partial charge in [-0.1, -0.05) is 18.2 Å². The molecule has 0 aliphatic carbocycles. The predicted molar refractivity (Wildman–Crippen MR) is 71.3 cm³/mol. The Hall–Kier alpha value is -2.43. The van der Waals surface area contributed by atoms with Crippen LogP contribution in [0.15, 0.2) is 41.4 Å². The van der Waals surface area contributed by atoms with Crippen molar-refractivity contribution in [3.63, 3.8) is 0 Å². The van der Waals surface area contributed by atoms with Crippen LogP contribution in [-0.2, 0) is 16.1 Å². The third-order valence-corrected chi connectivity index (χ3v) is 2.20. The number of ether oxygens (including phenoxy) is 2. The third kappa shape index (κ3) is 5.16. The number of aliphatic imine (C=N–C) groups is 1. The van der Waals surface area contributed by atoms with E-state index in [1.54, 1.807) is 36.4 Å². The van der Waals surface area contributed by atoms with Crippen LogP contribution in [0.1, 0.15) is 22.8 Å². The highest BCUT2D eigenvalue weighted by molar-refractivity contribution is 5.89. The first kappa shape index (κ1) is 14.6. The van der Waals surface area contributed by atoms with E-state index in [0.717, 1.165) is 5.56 Å². The summed E-state index contributed by atoms with van der Waals surface area (Å²) >= 11 is 0. The van der Waals surface area contributed by atoms with Crippen LogP contribution >= 0.6 is 0 Å². The summed E-state index contributed by atoms with van der Waals surface area (Å²) in [6.07, 6.45) is 4.09. The molecule has 5 heteroatoms. The molecule has 0 atom stereocenters. The lowest BCUT2D eigenvalue weighted by Gasteiger charge is -2.03. The molecular weight excluding hydrogens is 246 g/mol. The lowest BCUT2D eigenvalue weighted by Crippen LogP contribution is -2.02. The Labute approximate surface area is 111 Å². The van der Waals surface area contributed by atoms with Crippen molar-refractivity contribution in [1.82, 2.24) is 0 Å². The van der Waals surface area contributed by atoms with Gasteiger partial charge < -0.3 is 9.47 Å². The van der Waals surface area contributed by atoms with Crippen LogP contribution in [0.2, 0.25) is 0 Å². The molecule has 100 valence electrons. The highest BCUT2D eigenvalue weighted by atomic mass is 16.5. The smallest absolute Gasteiger partial charge is 0.433 e. The SMILES string of the molecule is CC=CC=NC(=O)OCc1ccc(C(=O)OC)cc1. The van der Waals surface area contributed by atoms with Crippen molar-refractivity contribution < 1.29 is 19.1 Å². The first-order valence-corrected chi connectivity index (χ1v) is 5.66. The number of benzene rings is 1. The molecule has 0 aromatic heterocycles. The van der Waals surface area contributed by atoms with Crippen LogP contribution in [0.5, 0.6) is 0 Å². The first-order chi connectivity index (χ1) is 9.17. The van der Waals surface area contributed by atoms with Crippen LogP contribution in [0, 0.1) is 0 Å². The number of methoxy groups -OCH3 is 1. The Morgan fingerprint density at radius 3 is 2.53 bits per heavy atom. The van der Waals surface area contributed by atoms with E-state index in [1.165, 1.54) is 13.3 Å². The van der Waals surface area contributed by atoms with Crippen LogP contribution in [-0.4, -0.2) is 25.4 Å². The van der Waals surface area contributed by atoms with E-state index in [2.05, 4.69) is 9.73 Å². The van der Waals surface area contributed by atoms with Gasteiger partial charge in [-0.25, -0.2) is 9.59 Å². The lowest BCUT2D eigenvalue weighted by molar-refractivity contribution is 0.0600. The van der Waals surface area contributed by atoms with Crippen molar-refractivity contribution in [2.24, 2.45) is 4.99 Å².